The molecule has 2 aliphatic rings. The van der Waals surface area contributed by atoms with Crippen molar-refractivity contribution < 1.29 is 27.8 Å². The van der Waals surface area contributed by atoms with Crippen LogP contribution in [0.4, 0.5) is 24.7 Å². The van der Waals surface area contributed by atoms with Crippen LogP contribution < -0.4 is 14.5 Å². The van der Waals surface area contributed by atoms with Crippen molar-refractivity contribution >= 4 is 28.2 Å². The Bertz CT molecular complexity index is 1300. The summed E-state index contributed by atoms with van der Waals surface area (Å²) in [6.07, 6.45) is -1.40. The maximum atomic E-state index is 14.7. The Morgan fingerprint density at radius 3 is 2.76 bits per heavy atom. The average Bonchev–Trinajstić information content (AvgIpc) is 3.43. The molecular weight excluding hydrogens is 449 g/mol. The number of benzene rings is 2. The molecule has 0 bridgehead atoms. The van der Waals surface area contributed by atoms with Crippen LogP contribution in [0, 0.1) is 5.82 Å². The molecule has 0 aliphatic carbocycles. The van der Waals surface area contributed by atoms with Crippen molar-refractivity contribution in [2.24, 2.45) is 0 Å². The number of carbonyl (C=O) groups is 1. The number of amides is 1. The lowest BCUT2D eigenvalue weighted by atomic mass is 9.99. The number of rotatable bonds is 5. The van der Waals surface area contributed by atoms with E-state index >= 15 is 0 Å². The molecule has 1 aromatic heterocycles. The van der Waals surface area contributed by atoms with E-state index in [0.29, 0.717) is 47.1 Å². The van der Waals surface area contributed by atoms with E-state index < -0.39 is 24.2 Å². The number of ether oxygens (including phenoxy) is 1. The van der Waals surface area contributed by atoms with Crippen LogP contribution in [0.5, 0.6) is 11.8 Å². The van der Waals surface area contributed by atoms with E-state index in [-0.39, 0.29) is 36.1 Å². The molecule has 1 unspecified atom stereocenters. The van der Waals surface area contributed by atoms with Crippen LogP contribution in [0.2, 0.25) is 0 Å². The SMILES string of the molecule is CCc1c(F)ccc2cc(O)cc(N3Cc4nc(OC)nc(N5CCCC5C(F)F)c4C3=O)c12. The first-order valence-electron chi connectivity index (χ1n) is 11.1. The predicted molar refractivity (Wildman–Crippen MR) is 120 cm³/mol. The number of anilines is 2. The maximum Gasteiger partial charge on any atom is 0.318 e. The van der Waals surface area contributed by atoms with Crippen LogP contribution >= 0.6 is 0 Å². The minimum atomic E-state index is -2.60. The number of methoxy groups -OCH3 is 1. The molecule has 1 saturated heterocycles. The Morgan fingerprint density at radius 1 is 1.26 bits per heavy atom. The highest BCUT2D eigenvalue weighted by Gasteiger charge is 2.41. The molecule has 10 heteroatoms. The van der Waals surface area contributed by atoms with Crippen molar-refractivity contribution in [1.82, 2.24) is 9.97 Å². The fourth-order valence-electron chi connectivity index (χ4n) is 5.01. The van der Waals surface area contributed by atoms with Gasteiger partial charge in [-0.3, -0.25) is 4.79 Å². The van der Waals surface area contributed by atoms with Crippen molar-refractivity contribution in [1.29, 1.82) is 0 Å². The van der Waals surface area contributed by atoms with Crippen LogP contribution in [-0.4, -0.2) is 47.1 Å². The highest BCUT2D eigenvalue weighted by molar-refractivity contribution is 6.16. The average molecular weight is 472 g/mol. The highest BCUT2D eigenvalue weighted by atomic mass is 19.3. The first-order chi connectivity index (χ1) is 16.3. The van der Waals surface area contributed by atoms with Gasteiger partial charge in [0.05, 0.1) is 31.1 Å². The molecule has 178 valence electrons. The van der Waals surface area contributed by atoms with Crippen molar-refractivity contribution in [2.45, 2.75) is 45.2 Å². The van der Waals surface area contributed by atoms with E-state index in [9.17, 15) is 23.1 Å². The number of nitrogens with zero attached hydrogens (tertiary/aromatic N) is 4. The van der Waals surface area contributed by atoms with Gasteiger partial charge in [0.2, 0.25) is 0 Å². The van der Waals surface area contributed by atoms with Crippen LogP contribution in [0.3, 0.4) is 0 Å². The molecule has 3 heterocycles. The van der Waals surface area contributed by atoms with Gasteiger partial charge in [-0.15, -0.1) is 0 Å². The Balaban J connectivity index is 1.68. The topological polar surface area (TPSA) is 78.8 Å². The zero-order chi connectivity index (χ0) is 24.1. The molecule has 1 fully saturated rings. The summed E-state index contributed by atoms with van der Waals surface area (Å²) in [7, 11) is 1.37. The Kier molecular flexibility index (Phi) is 5.45. The monoisotopic (exact) mass is 472 g/mol. The lowest BCUT2D eigenvalue weighted by Gasteiger charge is -2.26. The van der Waals surface area contributed by atoms with Crippen molar-refractivity contribution in [3.63, 3.8) is 0 Å². The van der Waals surface area contributed by atoms with Gasteiger partial charge in [-0.1, -0.05) is 13.0 Å². The van der Waals surface area contributed by atoms with Gasteiger partial charge in [0, 0.05) is 18.0 Å². The molecule has 1 N–H and O–H groups in total. The summed E-state index contributed by atoms with van der Waals surface area (Å²) in [5.74, 6) is -0.875. The number of aryl methyl sites for hydroxylation is 1. The van der Waals surface area contributed by atoms with E-state index in [1.165, 1.54) is 35.1 Å². The van der Waals surface area contributed by atoms with E-state index in [4.69, 9.17) is 4.74 Å². The number of alkyl halides is 2. The van der Waals surface area contributed by atoms with Crippen LogP contribution in [0.15, 0.2) is 24.3 Å². The predicted octanol–water partition coefficient (Wildman–Crippen LogP) is 4.44. The van der Waals surface area contributed by atoms with E-state index in [2.05, 4.69) is 9.97 Å². The Labute approximate surface area is 193 Å². The number of carbonyl (C=O) groups excluding carboxylic acids is 1. The third-order valence-electron chi connectivity index (χ3n) is 6.53. The normalized spacial score (nSPS) is 17.8. The second-order valence-corrected chi connectivity index (χ2v) is 8.43. The number of halogens is 3. The summed E-state index contributed by atoms with van der Waals surface area (Å²) in [6, 6.07) is 4.71. The molecular formula is C24H23F3N4O3. The van der Waals surface area contributed by atoms with Crippen LogP contribution in [-0.2, 0) is 13.0 Å². The molecule has 0 spiro atoms. The molecule has 5 rings (SSSR count). The number of hydrogen-bond donors (Lipinski definition) is 1. The lowest BCUT2D eigenvalue weighted by molar-refractivity contribution is 0.0994. The Morgan fingerprint density at radius 2 is 2.06 bits per heavy atom. The third-order valence-corrected chi connectivity index (χ3v) is 6.53. The molecule has 0 radical (unpaired) electrons. The number of fused-ring (bicyclic) bond motifs is 2. The van der Waals surface area contributed by atoms with Crippen molar-refractivity contribution in [2.75, 3.05) is 23.5 Å². The molecule has 7 nitrogen and oxygen atoms in total. The fraction of sp³-hybridized carbons (Fsp3) is 0.375. The minimum absolute atomic E-state index is 0.00541. The molecule has 3 aromatic rings. The van der Waals surface area contributed by atoms with Gasteiger partial charge in [-0.25, -0.2) is 13.2 Å². The molecule has 1 atom stereocenters. The fourth-order valence-corrected chi connectivity index (χ4v) is 5.01. The van der Waals surface area contributed by atoms with Crippen molar-refractivity contribution in [3.05, 3.63) is 46.9 Å². The van der Waals surface area contributed by atoms with Gasteiger partial charge in [-0.2, -0.15) is 9.97 Å². The zero-order valence-electron chi connectivity index (χ0n) is 18.7. The highest BCUT2D eigenvalue weighted by Crippen LogP contribution is 2.42. The first-order valence-corrected chi connectivity index (χ1v) is 11.1. The number of aromatic hydroxyl groups is 1. The molecule has 1 amide bonds. The van der Waals surface area contributed by atoms with Gasteiger partial charge < -0.3 is 19.6 Å². The van der Waals surface area contributed by atoms with Crippen molar-refractivity contribution in [3.8, 4) is 11.8 Å². The second-order valence-electron chi connectivity index (χ2n) is 8.43. The van der Waals surface area contributed by atoms with E-state index in [1.54, 1.807) is 13.0 Å². The maximum absolute atomic E-state index is 14.7. The summed E-state index contributed by atoms with van der Waals surface area (Å²) in [6.45, 7) is 2.14. The quantitative estimate of drug-likeness (QED) is 0.592. The van der Waals surface area contributed by atoms with Gasteiger partial charge in [-0.05, 0) is 42.3 Å². The summed E-state index contributed by atoms with van der Waals surface area (Å²) >= 11 is 0. The zero-order valence-corrected chi connectivity index (χ0v) is 18.7. The number of phenolic OH excluding ortho intramolecular Hbond substituents is 1. The largest absolute Gasteiger partial charge is 0.508 e. The minimum Gasteiger partial charge on any atom is -0.508 e. The number of aromatic nitrogens is 2. The van der Waals surface area contributed by atoms with Gasteiger partial charge in [0.15, 0.2) is 0 Å². The summed E-state index contributed by atoms with van der Waals surface area (Å²) in [4.78, 5) is 25.1. The lowest BCUT2D eigenvalue weighted by Crippen LogP contribution is -2.37. The Hall–Kier alpha value is -3.56. The third kappa shape index (κ3) is 3.39. The summed E-state index contributed by atoms with van der Waals surface area (Å²) in [5, 5.41) is 11.4. The summed E-state index contributed by atoms with van der Waals surface area (Å²) < 4.78 is 47.3. The molecule has 2 aromatic carbocycles. The van der Waals surface area contributed by atoms with Gasteiger partial charge in [0.25, 0.3) is 12.3 Å². The van der Waals surface area contributed by atoms with Gasteiger partial charge in [0.1, 0.15) is 22.9 Å². The van der Waals surface area contributed by atoms with E-state index in [0.717, 1.165) is 0 Å². The molecule has 0 saturated carbocycles. The molecule has 34 heavy (non-hydrogen) atoms. The second kappa shape index (κ2) is 8.34. The smallest absolute Gasteiger partial charge is 0.318 e. The number of hydrogen-bond acceptors (Lipinski definition) is 6. The number of phenols is 1. The van der Waals surface area contributed by atoms with Crippen LogP contribution in [0.1, 0.15) is 41.4 Å². The standard InChI is InChI=1S/C24H23F3N4O3/c1-3-14-15(25)7-6-12-9-13(32)10-18(19(12)14)31-11-16-20(23(31)33)22(29-24(28-16)34-2)30-8-4-5-17(30)21(26)27/h6-7,9-10,17,21,32H,3-5,8,11H2,1-2H3. The molecule has 2 aliphatic heterocycles. The summed E-state index contributed by atoms with van der Waals surface area (Å²) in [5.41, 5.74) is 1.19. The van der Waals surface area contributed by atoms with Gasteiger partial charge >= 0.3 is 6.01 Å². The first kappa shape index (κ1) is 22.2. The van der Waals surface area contributed by atoms with Crippen LogP contribution in [0.25, 0.3) is 10.8 Å². The van der Waals surface area contributed by atoms with E-state index in [1.807, 2.05) is 0 Å².